The third kappa shape index (κ3) is 4.08. The van der Waals surface area contributed by atoms with Gasteiger partial charge in [-0.2, -0.15) is 0 Å². The smallest absolute Gasteiger partial charge is 0.255 e. The molecule has 24 heavy (non-hydrogen) atoms. The number of carbonyl (C=O) groups excluding carboxylic acids is 2. The predicted octanol–water partition coefficient (Wildman–Crippen LogP) is 3.42. The second kappa shape index (κ2) is 7.99. The van der Waals surface area contributed by atoms with Crippen molar-refractivity contribution in [2.45, 2.75) is 51.5 Å². The van der Waals surface area contributed by atoms with E-state index in [1.807, 2.05) is 13.8 Å². The molecule has 2 rings (SSSR count). The van der Waals surface area contributed by atoms with Gasteiger partial charge in [-0.3, -0.25) is 9.59 Å². The van der Waals surface area contributed by atoms with Gasteiger partial charge in [-0.1, -0.05) is 30.9 Å². The van der Waals surface area contributed by atoms with Crippen molar-refractivity contribution in [3.63, 3.8) is 0 Å². The Morgan fingerprint density at radius 2 is 1.83 bits per heavy atom. The molecule has 0 atom stereocenters. The van der Waals surface area contributed by atoms with Crippen LogP contribution in [0, 0.1) is 0 Å². The zero-order valence-corrected chi connectivity index (χ0v) is 15.2. The van der Waals surface area contributed by atoms with Gasteiger partial charge in [0.25, 0.3) is 5.91 Å². The highest BCUT2D eigenvalue weighted by Gasteiger charge is 2.35. The fourth-order valence-electron chi connectivity index (χ4n) is 3.11. The summed E-state index contributed by atoms with van der Waals surface area (Å²) in [7, 11) is 0. The number of rotatable bonds is 5. The van der Waals surface area contributed by atoms with E-state index in [9.17, 15) is 9.59 Å². The SMILES string of the molecule is CCN(CC)C(=O)c1ccc(NC(=O)C2(N)CCCCC2)cc1Cl. The minimum Gasteiger partial charge on any atom is -0.339 e. The molecule has 0 spiro atoms. The highest BCUT2D eigenvalue weighted by atomic mass is 35.5. The molecular formula is C18H26ClN3O2. The molecular weight excluding hydrogens is 326 g/mol. The number of nitrogens with zero attached hydrogens (tertiary/aromatic N) is 1. The van der Waals surface area contributed by atoms with Crippen LogP contribution in [0.4, 0.5) is 5.69 Å². The van der Waals surface area contributed by atoms with Crippen molar-refractivity contribution in [2.24, 2.45) is 5.73 Å². The summed E-state index contributed by atoms with van der Waals surface area (Å²) in [6.07, 6.45) is 4.47. The van der Waals surface area contributed by atoms with Crippen LogP contribution in [0.15, 0.2) is 18.2 Å². The molecule has 5 nitrogen and oxygen atoms in total. The third-order valence-corrected chi connectivity index (χ3v) is 5.02. The molecule has 0 unspecified atom stereocenters. The van der Waals surface area contributed by atoms with Crippen LogP contribution in [0.5, 0.6) is 0 Å². The Labute approximate surface area is 148 Å². The standard InChI is InChI=1S/C18H26ClN3O2/c1-3-22(4-2)16(23)14-9-8-13(12-15(14)19)21-17(24)18(20)10-6-5-7-11-18/h8-9,12H,3-7,10-11,20H2,1-2H3,(H,21,24). The molecule has 0 radical (unpaired) electrons. The lowest BCUT2D eigenvalue weighted by Crippen LogP contribution is -2.52. The molecule has 0 saturated heterocycles. The van der Waals surface area contributed by atoms with Gasteiger partial charge in [-0.15, -0.1) is 0 Å². The molecule has 1 aromatic rings. The second-order valence-corrected chi connectivity index (χ2v) is 6.75. The largest absolute Gasteiger partial charge is 0.339 e. The maximum atomic E-state index is 12.5. The third-order valence-electron chi connectivity index (χ3n) is 4.71. The maximum absolute atomic E-state index is 12.5. The monoisotopic (exact) mass is 351 g/mol. The molecule has 0 heterocycles. The van der Waals surface area contributed by atoms with E-state index in [-0.39, 0.29) is 11.8 Å². The Balaban J connectivity index is 2.12. The van der Waals surface area contributed by atoms with E-state index >= 15 is 0 Å². The van der Waals surface area contributed by atoms with E-state index in [1.54, 1.807) is 23.1 Å². The zero-order valence-electron chi connectivity index (χ0n) is 14.4. The normalized spacial score (nSPS) is 16.5. The van der Waals surface area contributed by atoms with Crippen LogP contribution < -0.4 is 11.1 Å². The number of nitrogens with two attached hydrogens (primary N) is 1. The molecule has 1 saturated carbocycles. The van der Waals surface area contributed by atoms with E-state index in [0.29, 0.717) is 42.2 Å². The summed E-state index contributed by atoms with van der Waals surface area (Å²) < 4.78 is 0. The average Bonchev–Trinajstić information content (AvgIpc) is 2.56. The number of hydrogen-bond donors (Lipinski definition) is 2. The van der Waals surface area contributed by atoms with Gasteiger partial charge in [0.15, 0.2) is 0 Å². The molecule has 1 fully saturated rings. The number of halogens is 1. The van der Waals surface area contributed by atoms with Crippen LogP contribution >= 0.6 is 11.6 Å². The highest BCUT2D eigenvalue weighted by molar-refractivity contribution is 6.34. The van der Waals surface area contributed by atoms with Crippen molar-refractivity contribution < 1.29 is 9.59 Å². The van der Waals surface area contributed by atoms with E-state index < -0.39 is 5.54 Å². The Morgan fingerprint density at radius 1 is 1.21 bits per heavy atom. The number of nitrogens with one attached hydrogen (secondary N) is 1. The fraction of sp³-hybridized carbons (Fsp3) is 0.556. The first-order valence-electron chi connectivity index (χ1n) is 8.60. The number of benzene rings is 1. The van der Waals surface area contributed by atoms with Crippen molar-refractivity contribution in [3.8, 4) is 0 Å². The van der Waals surface area contributed by atoms with E-state index in [4.69, 9.17) is 17.3 Å². The molecule has 1 aliphatic carbocycles. The Kier molecular flexibility index (Phi) is 6.24. The molecule has 0 aliphatic heterocycles. The molecule has 0 aromatic heterocycles. The zero-order chi connectivity index (χ0) is 17.7. The van der Waals surface area contributed by atoms with E-state index in [1.165, 1.54) is 0 Å². The van der Waals surface area contributed by atoms with Gasteiger partial charge in [0.2, 0.25) is 5.91 Å². The summed E-state index contributed by atoms with van der Waals surface area (Å²) in [6.45, 7) is 5.10. The van der Waals surface area contributed by atoms with Crippen molar-refractivity contribution >= 4 is 29.1 Å². The number of amides is 2. The van der Waals surface area contributed by atoms with Gasteiger partial charge in [-0.05, 0) is 44.9 Å². The molecule has 132 valence electrons. The molecule has 1 aliphatic rings. The van der Waals surface area contributed by atoms with Crippen LogP contribution in [0.1, 0.15) is 56.3 Å². The lowest BCUT2D eigenvalue weighted by atomic mass is 9.82. The molecule has 1 aromatic carbocycles. The van der Waals surface area contributed by atoms with Gasteiger partial charge in [0.05, 0.1) is 16.1 Å². The van der Waals surface area contributed by atoms with Gasteiger partial charge >= 0.3 is 0 Å². The Morgan fingerprint density at radius 3 is 2.38 bits per heavy atom. The topological polar surface area (TPSA) is 75.4 Å². The molecule has 3 N–H and O–H groups in total. The summed E-state index contributed by atoms with van der Waals surface area (Å²) >= 11 is 6.26. The first-order valence-corrected chi connectivity index (χ1v) is 8.98. The number of hydrogen-bond acceptors (Lipinski definition) is 3. The Bertz CT molecular complexity index is 608. The molecule has 6 heteroatoms. The molecule has 0 bridgehead atoms. The van der Waals surface area contributed by atoms with E-state index in [2.05, 4.69) is 5.32 Å². The first kappa shape index (κ1) is 18.7. The van der Waals surface area contributed by atoms with Crippen LogP contribution in [-0.2, 0) is 4.79 Å². The summed E-state index contributed by atoms with van der Waals surface area (Å²) in [6, 6.07) is 4.97. The van der Waals surface area contributed by atoms with Crippen LogP contribution in [0.3, 0.4) is 0 Å². The highest BCUT2D eigenvalue weighted by Crippen LogP contribution is 2.28. The van der Waals surface area contributed by atoms with Crippen LogP contribution in [-0.4, -0.2) is 35.3 Å². The average molecular weight is 352 g/mol. The number of anilines is 1. The van der Waals surface area contributed by atoms with Gasteiger partial charge < -0.3 is 16.0 Å². The van der Waals surface area contributed by atoms with Gasteiger partial charge in [0, 0.05) is 18.8 Å². The van der Waals surface area contributed by atoms with Crippen LogP contribution in [0.2, 0.25) is 5.02 Å². The van der Waals surface area contributed by atoms with Crippen LogP contribution in [0.25, 0.3) is 0 Å². The lowest BCUT2D eigenvalue weighted by Gasteiger charge is -2.31. The second-order valence-electron chi connectivity index (χ2n) is 6.34. The summed E-state index contributed by atoms with van der Waals surface area (Å²) in [5, 5.41) is 3.18. The van der Waals surface area contributed by atoms with E-state index in [0.717, 1.165) is 19.3 Å². The Hall–Kier alpha value is -1.59. The fourth-order valence-corrected chi connectivity index (χ4v) is 3.37. The lowest BCUT2D eigenvalue weighted by molar-refractivity contribution is -0.122. The van der Waals surface area contributed by atoms with Crippen molar-refractivity contribution in [3.05, 3.63) is 28.8 Å². The minimum atomic E-state index is -0.805. The summed E-state index contributed by atoms with van der Waals surface area (Å²) in [5.41, 5.74) is 6.44. The maximum Gasteiger partial charge on any atom is 0.255 e. The van der Waals surface area contributed by atoms with Gasteiger partial charge in [0.1, 0.15) is 0 Å². The predicted molar refractivity (Wildman–Crippen MR) is 97.3 cm³/mol. The minimum absolute atomic E-state index is 0.106. The number of carbonyl (C=O) groups is 2. The quantitative estimate of drug-likeness (QED) is 0.853. The summed E-state index contributed by atoms with van der Waals surface area (Å²) in [5.74, 6) is -0.286. The summed E-state index contributed by atoms with van der Waals surface area (Å²) in [4.78, 5) is 26.6. The van der Waals surface area contributed by atoms with Crippen molar-refractivity contribution in [1.82, 2.24) is 4.90 Å². The molecule has 2 amide bonds. The van der Waals surface area contributed by atoms with Crippen molar-refractivity contribution in [1.29, 1.82) is 0 Å². The van der Waals surface area contributed by atoms with Gasteiger partial charge in [-0.25, -0.2) is 0 Å². The first-order chi connectivity index (χ1) is 11.4. The van der Waals surface area contributed by atoms with Crippen molar-refractivity contribution in [2.75, 3.05) is 18.4 Å².